The van der Waals surface area contributed by atoms with Crippen LogP contribution in [0.2, 0.25) is 0 Å². The first kappa shape index (κ1) is 10.3. The van der Waals surface area contributed by atoms with Crippen molar-refractivity contribution in [1.29, 1.82) is 0 Å². The Morgan fingerprint density at radius 3 is 3.12 bits per heavy atom. The van der Waals surface area contributed by atoms with E-state index in [0.717, 1.165) is 5.82 Å². The number of aromatic nitrogens is 5. The minimum Gasteiger partial charge on any atom is -0.349 e. The average Bonchev–Trinajstić information content (AvgIpc) is 2.96. The van der Waals surface area contributed by atoms with E-state index in [2.05, 4.69) is 25.6 Å². The van der Waals surface area contributed by atoms with Crippen LogP contribution < -0.4 is 5.32 Å². The van der Waals surface area contributed by atoms with E-state index in [1.165, 1.54) is 0 Å². The first-order valence-corrected chi connectivity index (χ1v) is 4.93. The van der Waals surface area contributed by atoms with E-state index in [9.17, 15) is 4.79 Å². The van der Waals surface area contributed by atoms with Crippen molar-refractivity contribution in [3.05, 3.63) is 30.6 Å². The number of imidazole rings is 1. The summed E-state index contributed by atoms with van der Waals surface area (Å²) in [5.41, 5.74) is 0. The Balaban J connectivity index is 1.69. The van der Waals surface area contributed by atoms with Crippen LogP contribution in [-0.4, -0.2) is 30.9 Å². The van der Waals surface area contributed by atoms with Gasteiger partial charge in [-0.2, -0.15) is 0 Å². The highest BCUT2D eigenvalue weighted by molar-refractivity contribution is 5.75. The van der Waals surface area contributed by atoms with Crippen molar-refractivity contribution in [3.63, 3.8) is 0 Å². The van der Waals surface area contributed by atoms with Crippen LogP contribution in [0.4, 0.5) is 0 Å². The van der Waals surface area contributed by atoms with Crippen LogP contribution in [-0.2, 0) is 17.9 Å². The molecule has 0 saturated carbocycles. The van der Waals surface area contributed by atoms with Crippen LogP contribution in [0.25, 0.3) is 0 Å². The van der Waals surface area contributed by atoms with Gasteiger partial charge in [-0.25, -0.2) is 4.98 Å². The molecule has 0 saturated heterocycles. The van der Waals surface area contributed by atoms with E-state index in [0.29, 0.717) is 19.5 Å². The fourth-order valence-electron chi connectivity index (χ4n) is 1.23. The molecule has 7 heteroatoms. The zero-order chi connectivity index (χ0) is 11.2. The summed E-state index contributed by atoms with van der Waals surface area (Å²) in [6.45, 7) is 0.952. The third-order valence-electron chi connectivity index (χ3n) is 2.05. The van der Waals surface area contributed by atoms with E-state index < -0.39 is 0 Å². The number of hydrogen-bond acceptors (Lipinski definition) is 4. The summed E-state index contributed by atoms with van der Waals surface area (Å²) in [6, 6.07) is 0. The van der Waals surface area contributed by atoms with Crippen LogP contribution >= 0.6 is 0 Å². The predicted molar refractivity (Wildman–Crippen MR) is 55.1 cm³/mol. The van der Waals surface area contributed by atoms with Gasteiger partial charge in [0, 0.05) is 25.0 Å². The molecule has 0 aromatic carbocycles. The Hall–Kier alpha value is -2.18. The van der Waals surface area contributed by atoms with Gasteiger partial charge in [-0.15, -0.1) is 5.10 Å². The Morgan fingerprint density at radius 2 is 2.44 bits per heavy atom. The van der Waals surface area contributed by atoms with Gasteiger partial charge in [0.2, 0.25) is 5.91 Å². The Bertz CT molecular complexity index is 381. The van der Waals surface area contributed by atoms with Crippen LogP contribution in [0.3, 0.4) is 0 Å². The number of carbonyl (C=O) groups is 1. The fraction of sp³-hybridized carbons (Fsp3) is 0.333. The third kappa shape index (κ3) is 2.91. The monoisotopic (exact) mass is 220 g/mol. The SMILES string of the molecule is O=C(CCn1ccnn1)NCc1ncc[nH]1. The molecule has 0 unspecified atom stereocenters. The number of hydrogen-bond donors (Lipinski definition) is 2. The molecule has 0 aliphatic carbocycles. The molecule has 0 bridgehead atoms. The number of aromatic amines is 1. The van der Waals surface area contributed by atoms with Crippen molar-refractivity contribution in [3.8, 4) is 0 Å². The standard InChI is InChI=1S/C9H12N6O/c16-9(1-5-15-6-4-13-14-15)12-7-8-10-2-3-11-8/h2-4,6H,1,5,7H2,(H,10,11)(H,12,16). The van der Waals surface area contributed by atoms with E-state index in [1.54, 1.807) is 29.5 Å². The Kier molecular flexibility index (Phi) is 3.27. The molecular weight excluding hydrogens is 208 g/mol. The van der Waals surface area contributed by atoms with Crippen LogP contribution in [0.5, 0.6) is 0 Å². The van der Waals surface area contributed by atoms with Crippen LogP contribution in [0, 0.1) is 0 Å². The molecular formula is C9H12N6O. The van der Waals surface area contributed by atoms with Gasteiger partial charge in [-0.05, 0) is 0 Å². The topological polar surface area (TPSA) is 88.5 Å². The van der Waals surface area contributed by atoms with Crippen molar-refractivity contribution in [2.75, 3.05) is 0 Å². The molecule has 0 fully saturated rings. The van der Waals surface area contributed by atoms with E-state index in [4.69, 9.17) is 0 Å². The maximum absolute atomic E-state index is 11.4. The second kappa shape index (κ2) is 5.06. The molecule has 1 amide bonds. The summed E-state index contributed by atoms with van der Waals surface area (Å²) in [7, 11) is 0. The minimum absolute atomic E-state index is 0.0353. The van der Waals surface area contributed by atoms with Gasteiger partial charge in [-0.1, -0.05) is 5.21 Å². The smallest absolute Gasteiger partial charge is 0.222 e. The minimum atomic E-state index is -0.0353. The largest absolute Gasteiger partial charge is 0.349 e. The number of nitrogens with zero attached hydrogens (tertiary/aromatic N) is 4. The molecule has 0 radical (unpaired) electrons. The normalized spacial score (nSPS) is 10.2. The Morgan fingerprint density at radius 1 is 1.50 bits per heavy atom. The average molecular weight is 220 g/mol. The van der Waals surface area contributed by atoms with E-state index in [-0.39, 0.29) is 5.91 Å². The van der Waals surface area contributed by atoms with Gasteiger partial charge in [0.25, 0.3) is 0 Å². The van der Waals surface area contributed by atoms with Gasteiger partial charge in [-0.3, -0.25) is 9.48 Å². The highest BCUT2D eigenvalue weighted by atomic mass is 16.1. The predicted octanol–water partition coefficient (Wildman–Crippen LogP) is -0.292. The molecule has 2 N–H and O–H groups in total. The molecule has 2 heterocycles. The van der Waals surface area contributed by atoms with Crippen molar-refractivity contribution in [1.82, 2.24) is 30.3 Å². The Labute approximate surface area is 91.9 Å². The zero-order valence-corrected chi connectivity index (χ0v) is 8.63. The lowest BCUT2D eigenvalue weighted by Crippen LogP contribution is -2.24. The van der Waals surface area contributed by atoms with Gasteiger partial charge in [0.15, 0.2) is 0 Å². The first-order valence-electron chi connectivity index (χ1n) is 4.93. The van der Waals surface area contributed by atoms with Gasteiger partial charge < -0.3 is 10.3 Å². The second-order valence-electron chi connectivity index (χ2n) is 3.23. The number of amides is 1. The van der Waals surface area contributed by atoms with Crippen molar-refractivity contribution >= 4 is 5.91 Å². The lowest BCUT2D eigenvalue weighted by molar-refractivity contribution is -0.121. The fourth-order valence-corrected chi connectivity index (χ4v) is 1.23. The third-order valence-corrected chi connectivity index (χ3v) is 2.05. The maximum Gasteiger partial charge on any atom is 0.222 e. The summed E-state index contributed by atoms with van der Waals surface area (Å²) < 4.78 is 1.62. The summed E-state index contributed by atoms with van der Waals surface area (Å²) in [4.78, 5) is 18.3. The summed E-state index contributed by atoms with van der Waals surface area (Å²) in [6.07, 6.45) is 7.05. The van der Waals surface area contributed by atoms with E-state index in [1.807, 2.05) is 0 Å². The maximum atomic E-state index is 11.4. The molecule has 0 atom stereocenters. The van der Waals surface area contributed by atoms with Gasteiger partial charge in [0.05, 0.1) is 19.3 Å². The first-order chi connectivity index (χ1) is 7.84. The zero-order valence-electron chi connectivity index (χ0n) is 8.63. The summed E-state index contributed by atoms with van der Waals surface area (Å²) in [5.74, 6) is 0.709. The van der Waals surface area contributed by atoms with Gasteiger partial charge in [0.1, 0.15) is 5.82 Å². The van der Waals surface area contributed by atoms with Crippen molar-refractivity contribution < 1.29 is 4.79 Å². The number of rotatable bonds is 5. The quantitative estimate of drug-likeness (QED) is 0.724. The van der Waals surface area contributed by atoms with E-state index >= 15 is 0 Å². The molecule has 84 valence electrons. The van der Waals surface area contributed by atoms with Crippen LogP contribution in [0.1, 0.15) is 12.2 Å². The molecule has 2 rings (SSSR count). The lowest BCUT2D eigenvalue weighted by Gasteiger charge is -2.02. The second-order valence-corrected chi connectivity index (χ2v) is 3.23. The number of nitrogens with one attached hydrogen (secondary N) is 2. The molecule has 2 aromatic heterocycles. The molecule has 7 nitrogen and oxygen atoms in total. The number of aryl methyl sites for hydroxylation is 1. The molecule has 2 aromatic rings. The highest BCUT2D eigenvalue weighted by Crippen LogP contribution is 1.90. The summed E-state index contributed by atoms with van der Waals surface area (Å²) in [5, 5.41) is 10.2. The molecule has 0 aliphatic heterocycles. The molecule has 0 aliphatic rings. The highest BCUT2D eigenvalue weighted by Gasteiger charge is 2.02. The van der Waals surface area contributed by atoms with Crippen LogP contribution in [0.15, 0.2) is 24.8 Å². The van der Waals surface area contributed by atoms with Crippen molar-refractivity contribution in [2.45, 2.75) is 19.5 Å². The molecule has 0 spiro atoms. The van der Waals surface area contributed by atoms with Crippen molar-refractivity contribution in [2.24, 2.45) is 0 Å². The van der Waals surface area contributed by atoms with Gasteiger partial charge >= 0.3 is 0 Å². The lowest BCUT2D eigenvalue weighted by atomic mass is 10.4. The molecule has 16 heavy (non-hydrogen) atoms. The number of H-pyrrole nitrogens is 1. The summed E-state index contributed by atoms with van der Waals surface area (Å²) >= 11 is 0. The number of carbonyl (C=O) groups excluding carboxylic acids is 1.